The lowest BCUT2D eigenvalue weighted by atomic mass is 9.97. The Morgan fingerprint density at radius 3 is 2.89 bits per heavy atom. The Labute approximate surface area is 157 Å². The number of hydrogen-bond acceptors (Lipinski definition) is 5. The van der Waals surface area contributed by atoms with Crippen LogP contribution in [0.25, 0.3) is 10.9 Å². The van der Waals surface area contributed by atoms with Crippen LogP contribution >= 0.6 is 0 Å². The number of piperidine rings is 1. The van der Waals surface area contributed by atoms with Crippen LogP contribution in [-0.4, -0.2) is 40.9 Å². The molecule has 0 aliphatic carbocycles. The Hall–Kier alpha value is -3.09. The summed E-state index contributed by atoms with van der Waals surface area (Å²) in [5.41, 5.74) is 1.96. The van der Waals surface area contributed by atoms with Gasteiger partial charge in [0.25, 0.3) is 0 Å². The number of methoxy groups -OCH3 is 1. The number of aryl methyl sites for hydroxylation is 1. The van der Waals surface area contributed by atoms with Crippen LogP contribution in [0.2, 0.25) is 0 Å². The molecular formula is C20H23N5O2. The van der Waals surface area contributed by atoms with Gasteiger partial charge in [-0.2, -0.15) is 0 Å². The number of ether oxygens (including phenoxy) is 1. The van der Waals surface area contributed by atoms with Crippen molar-refractivity contribution in [2.45, 2.75) is 12.8 Å². The summed E-state index contributed by atoms with van der Waals surface area (Å²) < 4.78 is 7.11. The second kappa shape index (κ2) is 7.26. The molecule has 1 aliphatic rings. The van der Waals surface area contributed by atoms with Crippen LogP contribution < -0.4 is 15.0 Å². The summed E-state index contributed by atoms with van der Waals surface area (Å²) in [6.07, 6.45) is 3.82. The van der Waals surface area contributed by atoms with E-state index in [1.54, 1.807) is 13.2 Å². The zero-order valence-corrected chi connectivity index (χ0v) is 15.6. The van der Waals surface area contributed by atoms with Gasteiger partial charge in [0.05, 0.1) is 18.7 Å². The van der Waals surface area contributed by atoms with Gasteiger partial charge in [0, 0.05) is 43.3 Å². The molecule has 1 unspecified atom stereocenters. The van der Waals surface area contributed by atoms with E-state index in [0.29, 0.717) is 12.4 Å². The zero-order chi connectivity index (χ0) is 18.8. The molecule has 1 saturated heterocycles. The molecule has 140 valence electrons. The first-order valence-electron chi connectivity index (χ1n) is 9.13. The fourth-order valence-electron chi connectivity index (χ4n) is 3.64. The SMILES string of the molecule is COc1ccc(N2CCCC(C(=O)Nc3cccc4c3ccn4C)C2)nn1. The number of nitrogens with zero attached hydrogens (tertiary/aromatic N) is 4. The number of amides is 1. The molecule has 4 rings (SSSR count). The number of aromatic nitrogens is 3. The quantitative estimate of drug-likeness (QED) is 0.770. The van der Waals surface area contributed by atoms with Gasteiger partial charge < -0.3 is 19.5 Å². The lowest BCUT2D eigenvalue weighted by Crippen LogP contribution is -2.41. The molecule has 1 atom stereocenters. The zero-order valence-electron chi connectivity index (χ0n) is 15.6. The van der Waals surface area contributed by atoms with Crippen molar-refractivity contribution < 1.29 is 9.53 Å². The number of rotatable bonds is 4. The first-order valence-corrected chi connectivity index (χ1v) is 9.13. The van der Waals surface area contributed by atoms with Gasteiger partial charge in [0.15, 0.2) is 5.82 Å². The standard InChI is InChI=1S/C20H23N5O2/c1-24-12-10-15-16(6-3-7-17(15)24)21-20(26)14-5-4-11-25(13-14)18-8-9-19(27-2)23-22-18/h3,6-10,12,14H,4-5,11,13H2,1-2H3,(H,21,26). The summed E-state index contributed by atoms with van der Waals surface area (Å²) in [4.78, 5) is 15.0. The van der Waals surface area contributed by atoms with Crippen molar-refractivity contribution in [3.05, 3.63) is 42.6 Å². The summed E-state index contributed by atoms with van der Waals surface area (Å²) in [5.74, 6) is 1.23. The third kappa shape index (κ3) is 3.45. The molecule has 3 heterocycles. The largest absolute Gasteiger partial charge is 0.480 e. The Morgan fingerprint density at radius 2 is 2.11 bits per heavy atom. The van der Waals surface area contributed by atoms with E-state index in [2.05, 4.69) is 31.0 Å². The normalized spacial score (nSPS) is 17.1. The summed E-state index contributed by atoms with van der Waals surface area (Å²) in [6.45, 7) is 1.51. The highest BCUT2D eigenvalue weighted by atomic mass is 16.5. The maximum Gasteiger partial charge on any atom is 0.233 e. The molecule has 1 aromatic carbocycles. The van der Waals surface area contributed by atoms with E-state index in [4.69, 9.17) is 4.74 Å². The molecule has 1 N–H and O–H groups in total. The smallest absolute Gasteiger partial charge is 0.233 e. The summed E-state index contributed by atoms with van der Waals surface area (Å²) >= 11 is 0. The predicted octanol–water partition coefficient (Wildman–Crippen LogP) is 2.83. The highest BCUT2D eigenvalue weighted by Gasteiger charge is 2.27. The molecule has 1 amide bonds. The fraction of sp³-hybridized carbons (Fsp3) is 0.350. The van der Waals surface area contributed by atoms with Crippen LogP contribution in [-0.2, 0) is 11.8 Å². The molecule has 27 heavy (non-hydrogen) atoms. The molecule has 3 aromatic rings. The van der Waals surface area contributed by atoms with Crippen LogP contribution in [0.5, 0.6) is 5.88 Å². The number of carbonyl (C=O) groups excluding carboxylic acids is 1. The maximum absolute atomic E-state index is 12.9. The first kappa shape index (κ1) is 17.3. The summed E-state index contributed by atoms with van der Waals surface area (Å²) in [5, 5.41) is 12.4. The predicted molar refractivity (Wildman–Crippen MR) is 105 cm³/mol. The molecule has 7 nitrogen and oxygen atoms in total. The number of carbonyl (C=O) groups is 1. The van der Waals surface area contributed by atoms with Crippen LogP contribution in [0.15, 0.2) is 42.6 Å². The molecular weight excluding hydrogens is 342 g/mol. The van der Waals surface area contributed by atoms with Crippen molar-refractivity contribution in [2.24, 2.45) is 13.0 Å². The van der Waals surface area contributed by atoms with Crippen molar-refractivity contribution in [1.29, 1.82) is 0 Å². The van der Waals surface area contributed by atoms with Crippen molar-refractivity contribution in [1.82, 2.24) is 14.8 Å². The molecule has 0 bridgehead atoms. The van der Waals surface area contributed by atoms with Crippen LogP contribution in [0.4, 0.5) is 11.5 Å². The van der Waals surface area contributed by atoms with Gasteiger partial charge in [-0.15, -0.1) is 10.2 Å². The third-order valence-corrected chi connectivity index (χ3v) is 5.14. The van der Waals surface area contributed by atoms with E-state index in [-0.39, 0.29) is 11.8 Å². The molecule has 1 aliphatic heterocycles. The van der Waals surface area contributed by atoms with Crippen molar-refractivity contribution in [2.75, 3.05) is 30.4 Å². The number of nitrogens with one attached hydrogen (secondary N) is 1. The van der Waals surface area contributed by atoms with Gasteiger partial charge in [-0.3, -0.25) is 4.79 Å². The minimum Gasteiger partial charge on any atom is -0.480 e. The van der Waals surface area contributed by atoms with E-state index in [1.807, 2.05) is 37.5 Å². The minimum atomic E-state index is -0.0818. The Bertz CT molecular complexity index is 951. The Kier molecular flexibility index (Phi) is 4.66. The monoisotopic (exact) mass is 365 g/mol. The maximum atomic E-state index is 12.9. The summed E-state index contributed by atoms with van der Waals surface area (Å²) in [7, 11) is 3.57. The van der Waals surface area contributed by atoms with Gasteiger partial charge in [-0.25, -0.2) is 0 Å². The summed E-state index contributed by atoms with van der Waals surface area (Å²) in [6, 6.07) is 11.7. The molecule has 0 radical (unpaired) electrons. The van der Waals surface area contributed by atoms with Gasteiger partial charge >= 0.3 is 0 Å². The molecule has 0 spiro atoms. The average Bonchev–Trinajstić information content (AvgIpc) is 3.10. The van der Waals surface area contributed by atoms with E-state index < -0.39 is 0 Å². The number of benzene rings is 1. The minimum absolute atomic E-state index is 0.0533. The second-order valence-corrected chi connectivity index (χ2v) is 6.87. The lowest BCUT2D eigenvalue weighted by Gasteiger charge is -2.32. The third-order valence-electron chi connectivity index (χ3n) is 5.14. The van der Waals surface area contributed by atoms with Crippen molar-refractivity contribution >= 4 is 28.3 Å². The van der Waals surface area contributed by atoms with Gasteiger partial charge in [0.2, 0.25) is 11.8 Å². The fourth-order valence-corrected chi connectivity index (χ4v) is 3.64. The van der Waals surface area contributed by atoms with Crippen molar-refractivity contribution in [3.63, 3.8) is 0 Å². The van der Waals surface area contributed by atoms with E-state index in [0.717, 1.165) is 41.8 Å². The number of anilines is 2. The Balaban J connectivity index is 1.48. The Morgan fingerprint density at radius 1 is 1.22 bits per heavy atom. The van der Waals surface area contributed by atoms with Gasteiger partial charge in [-0.05, 0) is 37.1 Å². The molecule has 2 aromatic heterocycles. The average molecular weight is 365 g/mol. The van der Waals surface area contributed by atoms with Gasteiger partial charge in [-0.1, -0.05) is 6.07 Å². The van der Waals surface area contributed by atoms with Crippen LogP contribution in [0, 0.1) is 5.92 Å². The lowest BCUT2D eigenvalue weighted by molar-refractivity contribution is -0.120. The highest BCUT2D eigenvalue weighted by molar-refractivity contribution is 6.02. The van der Waals surface area contributed by atoms with Gasteiger partial charge in [0.1, 0.15) is 0 Å². The van der Waals surface area contributed by atoms with Crippen LogP contribution in [0.3, 0.4) is 0 Å². The van der Waals surface area contributed by atoms with Crippen LogP contribution in [0.1, 0.15) is 12.8 Å². The number of fused-ring (bicyclic) bond motifs is 1. The molecule has 0 saturated carbocycles. The highest BCUT2D eigenvalue weighted by Crippen LogP contribution is 2.27. The number of hydrogen-bond donors (Lipinski definition) is 1. The van der Waals surface area contributed by atoms with E-state index in [9.17, 15) is 4.79 Å². The first-order chi connectivity index (χ1) is 13.2. The topological polar surface area (TPSA) is 72.3 Å². The second-order valence-electron chi connectivity index (χ2n) is 6.87. The van der Waals surface area contributed by atoms with E-state index >= 15 is 0 Å². The van der Waals surface area contributed by atoms with E-state index in [1.165, 1.54) is 0 Å². The molecule has 1 fully saturated rings. The van der Waals surface area contributed by atoms with Crippen molar-refractivity contribution in [3.8, 4) is 5.88 Å². The molecule has 7 heteroatoms.